The average molecular weight is 317 g/mol. The first kappa shape index (κ1) is 13.9. The van der Waals surface area contributed by atoms with Crippen molar-refractivity contribution >= 4 is 15.9 Å². The zero-order valence-corrected chi connectivity index (χ0v) is 12.0. The molecule has 2 rings (SSSR count). The van der Waals surface area contributed by atoms with E-state index in [1.807, 2.05) is 13.1 Å². The van der Waals surface area contributed by atoms with Gasteiger partial charge in [-0.2, -0.15) is 0 Å². The van der Waals surface area contributed by atoms with E-state index in [0.717, 1.165) is 42.8 Å². The largest absolute Gasteiger partial charge is 0.374 e. The highest BCUT2D eigenvalue weighted by Crippen LogP contribution is 2.20. The molecule has 1 aromatic rings. The smallest absolute Gasteiger partial charge is 0.124 e. The molecule has 100 valence electrons. The lowest BCUT2D eigenvalue weighted by atomic mass is 10.2. The van der Waals surface area contributed by atoms with Crippen molar-refractivity contribution < 1.29 is 9.13 Å². The molecule has 0 radical (unpaired) electrons. The highest BCUT2D eigenvalue weighted by atomic mass is 79.9. The number of halogens is 2. The van der Waals surface area contributed by atoms with E-state index in [-0.39, 0.29) is 11.9 Å². The maximum atomic E-state index is 13.0. The van der Waals surface area contributed by atoms with E-state index >= 15 is 0 Å². The summed E-state index contributed by atoms with van der Waals surface area (Å²) in [6, 6.07) is 4.86. The van der Waals surface area contributed by atoms with Crippen LogP contribution in [0.1, 0.15) is 5.56 Å². The Morgan fingerprint density at radius 2 is 2.39 bits per heavy atom. The average Bonchev–Trinajstić information content (AvgIpc) is 2.34. The van der Waals surface area contributed by atoms with E-state index in [0.29, 0.717) is 0 Å². The Bertz CT molecular complexity index is 401. The van der Waals surface area contributed by atoms with Crippen molar-refractivity contribution in [2.45, 2.75) is 12.6 Å². The number of ether oxygens (including phenoxy) is 1. The summed E-state index contributed by atoms with van der Waals surface area (Å²) in [6.45, 7) is 4.27. The number of hydrogen-bond acceptors (Lipinski definition) is 3. The predicted octanol–water partition coefficient (Wildman–Crippen LogP) is 2.01. The number of morpholine rings is 1. The molecule has 1 aliphatic rings. The van der Waals surface area contributed by atoms with Crippen LogP contribution in [0, 0.1) is 5.82 Å². The number of nitrogens with one attached hydrogen (secondary N) is 1. The fourth-order valence-electron chi connectivity index (χ4n) is 2.17. The summed E-state index contributed by atoms with van der Waals surface area (Å²) in [5, 5.41) is 3.13. The van der Waals surface area contributed by atoms with Gasteiger partial charge >= 0.3 is 0 Å². The summed E-state index contributed by atoms with van der Waals surface area (Å²) in [6.07, 6.45) is 0.239. The molecule has 0 aliphatic carbocycles. The minimum atomic E-state index is -0.208. The third kappa shape index (κ3) is 3.75. The van der Waals surface area contributed by atoms with Crippen molar-refractivity contribution in [2.75, 3.05) is 33.3 Å². The Balaban J connectivity index is 1.96. The molecule has 1 aromatic carbocycles. The van der Waals surface area contributed by atoms with E-state index in [2.05, 4.69) is 26.1 Å². The SMILES string of the molecule is CNCC1CN(Cc2ccc(F)cc2Br)CCO1. The molecule has 5 heteroatoms. The highest BCUT2D eigenvalue weighted by Gasteiger charge is 2.20. The standard InChI is InChI=1S/C13H18BrFN2O/c1-16-7-12-9-17(4-5-18-12)8-10-2-3-11(15)6-13(10)14/h2-3,6,12,16H,4-5,7-9H2,1H3. The Morgan fingerprint density at radius 3 is 3.11 bits per heavy atom. The van der Waals surface area contributed by atoms with E-state index in [9.17, 15) is 4.39 Å². The van der Waals surface area contributed by atoms with Gasteiger partial charge in [-0.1, -0.05) is 22.0 Å². The zero-order chi connectivity index (χ0) is 13.0. The maximum absolute atomic E-state index is 13.0. The summed E-state index contributed by atoms with van der Waals surface area (Å²) in [4.78, 5) is 2.34. The second-order valence-electron chi connectivity index (χ2n) is 4.52. The van der Waals surface area contributed by atoms with Crippen LogP contribution in [0.3, 0.4) is 0 Å². The summed E-state index contributed by atoms with van der Waals surface area (Å²) >= 11 is 3.41. The molecule has 1 atom stereocenters. The Hall–Kier alpha value is -0.490. The van der Waals surface area contributed by atoms with Gasteiger partial charge in [-0.05, 0) is 24.7 Å². The van der Waals surface area contributed by atoms with Crippen LogP contribution in [0.4, 0.5) is 4.39 Å². The molecule has 0 saturated carbocycles. The van der Waals surface area contributed by atoms with Gasteiger partial charge in [-0.15, -0.1) is 0 Å². The summed E-state index contributed by atoms with van der Waals surface area (Å²) < 4.78 is 19.5. The van der Waals surface area contributed by atoms with E-state index < -0.39 is 0 Å². The van der Waals surface area contributed by atoms with Crippen LogP contribution in [0.2, 0.25) is 0 Å². The van der Waals surface area contributed by atoms with Crippen molar-refractivity contribution in [3.8, 4) is 0 Å². The van der Waals surface area contributed by atoms with Gasteiger partial charge in [-0.25, -0.2) is 4.39 Å². The maximum Gasteiger partial charge on any atom is 0.124 e. The lowest BCUT2D eigenvalue weighted by Crippen LogP contribution is -2.45. The lowest BCUT2D eigenvalue weighted by molar-refractivity contribution is -0.0292. The second kappa shape index (κ2) is 6.61. The Labute approximate surface area is 115 Å². The molecular weight excluding hydrogens is 299 g/mol. The van der Waals surface area contributed by atoms with Crippen molar-refractivity contribution in [2.24, 2.45) is 0 Å². The summed E-state index contributed by atoms with van der Waals surface area (Å²) in [7, 11) is 1.93. The van der Waals surface area contributed by atoms with Crippen molar-refractivity contribution in [1.29, 1.82) is 0 Å². The molecule has 0 spiro atoms. The molecule has 0 amide bonds. The van der Waals surface area contributed by atoms with Gasteiger partial charge in [0.05, 0.1) is 12.7 Å². The van der Waals surface area contributed by atoms with Gasteiger partial charge in [-0.3, -0.25) is 4.90 Å². The first-order chi connectivity index (χ1) is 8.69. The molecule has 18 heavy (non-hydrogen) atoms. The molecular formula is C13H18BrFN2O. The van der Waals surface area contributed by atoms with Gasteiger partial charge < -0.3 is 10.1 Å². The Morgan fingerprint density at radius 1 is 1.56 bits per heavy atom. The van der Waals surface area contributed by atoms with E-state index in [1.165, 1.54) is 12.1 Å². The van der Waals surface area contributed by atoms with Gasteiger partial charge in [0.25, 0.3) is 0 Å². The lowest BCUT2D eigenvalue weighted by Gasteiger charge is -2.33. The van der Waals surface area contributed by atoms with Crippen molar-refractivity contribution in [3.63, 3.8) is 0 Å². The first-order valence-corrected chi connectivity index (χ1v) is 6.91. The molecule has 1 aliphatic heterocycles. The van der Waals surface area contributed by atoms with Crippen LogP contribution in [-0.2, 0) is 11.3 Å². The van der Waals surface area contributed by atoms with Crippen LogP contribution in [0.25, 0.3) is 0 Å². The molecule has 1 heterocycles. The van der Waals surface area contributed by atoms with Crippen molar-refractivity contribution in [3.05, 3.63) is 34.1 Å². The summed E-state index contributed by atoms with van der Waals surface area (Å²) in [5.74, 6) is -0.208. The van der Waals surface area contributed by atoms with Gasteiger partial charge in [0, 0.05) is 30.7 Å². The molecule has 1 saturated heterocycles. The van der Waals surface area contributed by atoms with Crippen LogP contribution in [0.15, 0.2) is 22.7 Å². The molecule has 0 aromatic heterocycles. The van der Waals surface area contributed by atoms with Gasteiger partial charge in [0.2, 0.25) is 0 Å². The zero-order valence-electron chi connectivity index (χ0n) is 10.5. The van der Waals surface area contributed by atoms with Gasteiger partial charge in [0.1, 0.15) is 5.82 Å². The molecule has 1 N–H and O–H groups in total. The quantitative estimate of drug-likeness (QED) is 0.919. The molecule has 3 nitrogen and oxygen atoms in total. The number of rotatable bonds is 4. The molecule has 0 bridgehead atoms. The number of hydrogen-bond donors (Lipinski definition) is 1. The van der Waals surface area contributed by atoms with Crippen LogP contribution >= 0.6 is 15.9 Å². The monoisotopic (exact) mass is 316 g/mol. The highest BCUT2D eigenvalue weighted by molar-refractivity contribution is 9.10. The molecule has 1 fully saturated rings. The minimum Gasteiger partial charge on any atom is -0.374 e. The second-order valence-corrected chi connectivity index (χ2v) is 5.38. The predicted molar refractivity (Wildman–Crippen MR) is 73.0 cm³/mol. The summed E-state index contributed by atoms with van der Waals surface area (Å²) in [5.41, 5.74) is 1.11. The molecule has 1 unspecified atom stereocenters. The van der Waals surface area contributed by atoms with Gasteiger partial charge in [0.15, 0.2) is 0 Å². The topological polar surface area (TPSA) is 24.5 Å². The first-order valence-electron chi connectivity index (χ1n) is 6.11. The fraction of sp³-hybridized carbons (Fsp3) is 0.538. The Kier molecular flexibility index (Phi) is 5.12. The third-order valence-electron chi connectivity index (χ3n) is 3.06. The fourth-order valence-corrected chi connectivity index (χ4v) is 2.64. The number of likely N-dealkylation sites (N-methyl/N-ethyl adjacent to an activating group) is 1. The minimum absolute atomic E-state index is 0.208. The van der Waals surface area contributed by atoms with E-state index in [1.54, 1.807) is 0 Å². The van der Waals surface area contributed by atoms with Crippen LogP contribution in [-0.4, -0.2) is 44.3 Å². The van der Waals surface area contributed by atoms with Crippen LogP contribution in [0.5, 0.6) is 0 Å². The number of benzene rings is 1. The number of nitrogens with zero attached hydrogens (tertiary/aromatic N) is 1. The van der Waals surface area contributed by atoms with E-state index in [4.69, 9.17) is 4.74 Å². The third-order valence-corrected chi connectivity index (χ3v) is 3.80. The normalized spacial score (nSPS) is 21.2. The van der Waals surface area contributed by atoms with Crippen molar-refractivity contribution in [1.82, 2.24) is 10.2 Å². The van der Waals surface area contributed by atoms with Crippen LogP contribution < -0.4 is 5.32 Å².